The molecule has 5 aliphatic rings. The quantitative estimate of drug-likeness (QED) is 0.641. The minimum absolute atomic E-state index is 0.136. The molecule has 0 unspecified atom stereocenters. The molecule has 3 nitrogen and oxygen atoms in total. The van der Waals surface area contributed by atoms with Gasteiger partial charge in [0.25, 0.3) is 0 Å². The summed E-state index contributed by atoms with van der Waals surface area (Å²) in [5.41, 5.74) is 0.0805. The highest BCUT2D eigenvalue weighted by atomic mass is 16.6. The molecule has 1 aliphatic carbocycles. The van der Waals surface area contributed by atoms with E-state index in [1.165, 1.54) is 38.6 Å². The predicted molar refractivity (Wildman–Crippen MR) is 85.4 cm³/mol. The minimum atomic E-state index is -0.147. The van der Waals surface area contributed by atoms with Crippen LogP contribution in [0.5, 0.6) is 0 Å². The smallest absolute Gasteiger partial charge is 0.144 e. The van der Waals surface area contributed by atoms with Crippen molar-refractivity contribution < 1.29 is 9.47 Å². The molecule has 1 saturated carbocycles. The molecular formula is C19H29NO2. The second kappa shape index (κ2) is 4.37. The van der Waals surface area contributed by atoms with Crippen LogP contribution in [0.4, 0.5) is 0 Å². The number of hydrogen-bond acceptors (Lipinski definition) is 3. The van der Waals surface area contributed by atoms with E-state index in [0.29, 0.717) is 24.0 Å². The molecule has 4 fully saturated rings. The zero-order chi connectivity index (χ0) is 15.1. The lowest BCUT2D eigenvalue weighted by Gasteiger charge is -2.62. The van der Waals surface area contributed by atoms with Crippen molar-refractivity contribution in [2.45, 2.75) is 82.5 Å². The van der Waals surface area contributed by atoms with E-state index in [4.69, 9.17) is 9.47 Å². The Labute approximate surface area is 134 Å². The molecule has 7 atom stereocenters. The fraction of sp³-hybridized carbons (Fsp3) is 0.895. The molecule has 3 saturated heterocycles. The molecule has 5 rings (SSSR count). The largest absolute Gasteiger partial charge is 0.359 e. The predicted octanol–water partition coefficient (Wildman–Crippen LogP) is 3.35. The summed E-state index contributed by atoms with van der Waals surface area (Å²) in [6.45, 7) is 8.47. The molecule has 122 valence electrons. The van der Waals surface area contributed by atoms with Crippen LogP contribution in [0.25, 0.3) is 0 Å². The summed E-state index contributed by atoms with van der Waals surface area (Å²) < 4.78 is 13.2. The van der Waals surface area contributed by atoms with Gasteiger partial charge in [-0.05, 0) is 57.4 Å². The zero-order valence-corrected chi connectivity index (χ0v) is 14.1. The lowest BCUT2D eigenvalue weighted by Crippen LogP contribution is -2.72. The van der Waals surface area contributed by atoms with Gasteiger partial charge in [0, 0.05) is 18.0 Å². The van der Waals surface area contributed by atoms with Crippen molar-refractivity contribution in [1.82, 2.24) is 4.90 Å². The number of rotatable bonds is 0. The monoisotopic (exact) mass is 303 g/mol. The van der Waals surface area contributed by atoms with Gasteiger partial charge in [-0.25, -0.2) is 0 Å². The number of nitrogens with zero attached hydrogens (tertiary/aromatic N) is 1. The van der Waals surface area contributed by atoms with Crippen molar-refractivity contribution >= 4 is 0 Å². The number of ether oxygens (including phenoxy) is 2. The third-order valence-corrected chi connectivity index (χ3v) is 7.47. The fourth-order valence-electron chi connectivity index (χ4n) is 6.20. The topological polar surface area (TPSA) is 21.7 Å². The molecule has 22 heavy (non-hydrogen) atoms. The van der Waals surface area contributed by atoms with Crippen molar-refractivity contribution in [3.05, 3.63) is 12.2 Å². The highest BCUT2D eigenvalue weighted by molar-refractivity contribution is 5.26. The van der Waals surface area contributed by atoms with Crippen molar-refractivity contribution in [2.24, 2.45) is 17.8 Å². The number of fused-ring (bicyclic) bond motifs is 3. The highest BCUT2D eigenvalue weighted by Crippen LogP contribution is 2.56. The molecule has 4 heterocycles. The molecule has 0 radical (unpaired) electrons. The molecule has 0 aromatic rings. The minimum Gasteiger partial charge on any atom is -0.359 e. The van der Waals surface area contributed by atoms with Crippen LogP contribution in [-0.4, -0.2) is 41.0 Å². The van der Waals surface area contributed by atoms with E-state index in [0.717, 1.165) is 5.92 Å². The molecule has 0 aromatic carbocycles. The fourth-order valence-corrected chi connectivity index (χ4v) is 6.20. The first-order valence-corrected chi connectivity index (χ1v) is 9.30. The van der Waals surface area contributed by atoms with Crippen molar-refractivity contribution in [3.63, 3.8) is 0 Å². The van der Waals surface area contributed by atoms with Crippen molar-refractivity contribution in [3.8, 4) is 0 Å². The van der Waals surface area contributed by atoms with Crippen LogP contribution in [0.3, 0.4) is 0 Å². The van der Waals surface area contributed by atoms with Crippen LogP contribution in [0.2, 0.25) is 0 Å². The van der Waals surface area contributed by atoms with E-state index in [9.17, 15) is 0 Å². The molecule has 4 aliphatic heterocycles. The Morgan fingerprint density at radius 1 is 1.14 bits per heavy atom. The van der Waals surface area contributed by atoms with E-state index in [-0.39, 0.29) is 17.4 Å². The van der Waals surface area contributed by atoms with Crippen LogP contribution in [-0.2, 0) is 9.47 Å². The maximum Gasteiger partial charge on any atom is 0.144 e. The summed E-state index contributed by atoms with van der Waals surface area (Å²) in [6.07, 6.45) is 11.9. The third-order valence-electron chi connectivity index (χ3n) is 7.47. The third kappa shape index (κ3) is 1.63. The van der Waals surface area contributed by atoms with Gasteiger partial charge < -0.3 is 9.47 Å². The highest BCUT2D eigenvalue weighted by Gasteiger charge is 2.64. The first-order valence-electron chi connectivity index (χ1n) is 9.30. The van der Waals surface area contributed by atoms with Gasteiger partial charge in [0.15, 0.2) is 0 Å². The van der Waals surface area contributed by atoms with E-state index < -0.39 is 0 Å². The van der Waals surface area contributed by atoms with E-state index in [1.807, 2.05) is 0 Å². The van der Waals surface area contributed by atoms with Gasteiger partial charge in [-0.2, -0.15) is 0 Å². The average molecular weight is 303 g/mol. The van der Waals surface area contributed by atoms with Crippen molar-refractivity contribution in [2.75, 3.05) is 6.54 Å². The second-order valence-electron chi connectivity index (χ2n) is 8.99. The summed E-state index contributed by atoms with van der Waals surface area (Å²) in [7, 11) is 0. The van der Waals surface area contributed by atoms with Crippen molar-refractivity contribution in [1.29, 1.82) is 0 Å². The van der Waals surface area contributed by atoms with Crippen LogP contribution >= 0.6 is 0 Å². The Balaban J connectivity index is 1.53. The summed E-state index contributed by atoms with van der Waals surface area (Å²) >= 11 is 0. The van der Waals surface area contributed by atoms with Gasteiger partial charge in [-0.1, -0.05) is 19.4 Å². The van der Waals surface area contributed by atoms with Gasteiger partial charge in [0.05, 0.1) is 12.2 Å². The van der Waals surface area contributed by atoms with Crippen LogP contribution in [0.1, 0.15) is 52.9 Å². The van der Waals surface area contributed by atoms with E-state index >= 15 is 0 Å². The Morgan fingerprint density at radius 3 is 2.82 bits per heavy atom. The SMILES string of the molecule is C[C@@H]1CC[C@@H]2[C@@H](C1)O[C@@H]1N(CC[C@H]3C[C@@H]4C=C[C@@]31O4)C2(C)C. The first-order chi connectivity index (χ1) is 10.5. The number of piperidine rings is 1. The molecule has 2 bridgehead atoms. The second-order valence-corrected chi connectivity index (χ2v) is 8.99. The van der Waals surface area contributed by atoms with Crippen LogP contribution in [0, 0.1) is 17.8 Å². The number of hydrogen-bond donors (Lipinski definition) is 0. The van der Waals surface area contributed by atoms with E-state index in [2.05, 4.69) is 37.8 Å². The van der Waals surface area contributed by atoms with Gasteiger partial charge in [0.2, 0.25) is 0 Å². The zero-order valence-electron chi connectivity index (χ0n) is 14.1. The lowest BCUT2D eigenvalue weighted by molar-refractivity contribution is -0.296. The maximum atomic E-state index is 6.78. The Kier molecular flexibility index (Phi) is 2.78. The Bertz CT molecular complexity index is 516. The summed E-state index contributed by atoms with van der Waals surface area (Å²) in [5, 5.41) is 0. The standard InChI is InChI=1S/C19H29NO2/c1-12-4-5-15-16(10-12)21-17-19-8-6-14(22-19)11-13(19)7-9-20(17)18(15,2)3/h6,8,12-17H,4-5,7,9-11H2,1-3H3/t12-,13+,14+,15-,16-,17+,19-/m1/s1. The summed E-state index contributed by atoms with van der Waals surface area (Å²) in [5.74, 6) is 2.14. The van der Waals surface area contributed by atoms with Gasteiger partial charge in [-0.15, -0.1) is 0 Å². The van der Waals surface area contributed by atoms with Gasteiger partial charge in [0.1, 0.15) is 11.8 Å². The maximum absolute atomic E-state index is 6.78. The first kappa shape index (κ1) is 14.0. The molecular weight excluding hydrogens is 274 g/mol. The summed E-state index contributed by atoms with van der Waals surface area (Å²) in [6, 6.07) is 0. The molecule has 0 N–H and O–H groups in total. The van der Waals surface area contributed by atoms with Gasteiger partial charge >= 0.3 is 0 Å². The molecule has 0 amide bonds. The summed E-state index contributed by atoms with van der Waals surface area (Å²) in [4.78, 5) is 2.65. The Hall–Kier alpha value is -0.380. The molecule has 1 spiro atoms. The normalized spacial score (nSPS) is 55.6. The van der Waals surface area contributed by atoms with E-state index in [1.54, 1.807) is 0 Å². The molecule has 0 aromatic heterocycles. The van der Waals surface area contributed by atoms with Crippen LogP contribution in [0.15, 0.2) is 12.2 Å². The van der Waals surface area contributed by atoms with Gasteiger partial charge in [-0.3, -0.25) is 4.90 Å². The Morgan fingerprint density at radius 2 is 2.00 bits per heavy atom. The average Bonchev–Trinajstić information content (AvgIpc) is 3.04. The molecule has 3 heteroatoms. The lowest BCUT2D eigenvalue weighted by atomic mass is 9.66. The van der Waals surface area contributed by atoms with Crippen LogP contribution < -0.4 is 0 Å².